The van der Waals surface area contributed by atoms with Crippen molar-refractivity contribution in [3.8, 4) is 22.3 Å². The largest absolute Gasteiger partial charge is 0.481 e. The number of aromatic amines is 1. The van der Waals surface area contributed by atoms with Gasteiger partial charge in [-0.3, -0.25) is 62.3 Å². The van der Waals surface area contributed by atoms with E-state index in [4.69, 9.17) is 11.5 Å². The molecule has 0 fully saturated rings. The summed E-state index contributed by atoms with van der Waals surface area (Å²) in [4.78, 5) is 184. The molecule has 32 heteroatoms. The molecule has 1 aromatic heterocycles. The number of nitrogens with one attached hydrogen (secondary N) is 11. The lowest BCUT2D eigenvalue weighted by atomic mass is 9.90. The third-order valence-corrected chi connectivity index (χ3v) is 17.3. The van der Waals surface area contributed by atoms with Crippen LogP contribution in [0.3, 0.4) is 0 Å². The predicted octanol–water partition coefficient (Wildman–Crippen LogP) is -1.24. The Morgan fingerprint density at radius 3 is 1.57 bits per heavy atom. The third-order valence-electron chi connectivity index (χ3n) is 17.3. The number of aliphatic carboxylic acids is 2. The summed E-state index contributed by atoms with van der Waals surface area (Å²) in [7, 11) is 0. The van der Waals surface area contributed by atoms with Crippen molar-refractivity contribution in [2.45, 2.75) is 165 Å². The minimum absolute atomic E-state index is 0.00964. The SMILES string of the molecule is CCc1ccccc1-c1ccc(C[C@H](NC(=O)[C@H](CC(=O)O)NC(=O)[C@H](CO)NC(=O)[C@@H](NC(=O)[C@](C)(Cc2ccccc2)NC(=O)[C@@H](NC(=O)CNC(=O)[C@H](CC(=O)O)NC(=O)C(C)(C)NC(=O)[C@@H](N)Cc2cnc[nH]2)[C@@H](C)O)[C@@H](C)O)C(=O)NC(C)(Cc2ccc(-c3ccccc3)cc2)C(N)=O)cc1. The highest BCUT2D eigenvalue weighted by Gasteiger charge is 2.43. The molecule has 0 radical (unpaired) electrons. The van der Waals surface area contributed by atoms with Crippen LogP contribution < -0.4 is 64.6 Å². The second-order valence-electron chi connectivity index (χ2n) is 26.6. The van der Waals surface area contributed by atoms with Crippen molar-refractivity contribution in [1.29, 1.82) is 0 Å². The molecule has 5 aromatic carbocycles. The number of imidazole rings is 1. The Bertz CT molecular complexity index is 4090. The molecular weight excluding hydrogens is 1370 g/mol. The number of H-pyrrole nitrogens is 1. The van der Waals surface area contributed by atoms with E-state index >= 15 is 0 Å². The molecule has 6 aromatic rings. The van der Waals surface area contributed by atoms with Crippen molar-refractivity contribution >= 4 is 76.9 Å². The second-order valence-corrected chi connectivity index (χ2v) is 26.6. The van der Waals surface area contributed by atoms with E-state index in [-0.39, 0.29) is 19.3 Å². The molecule has 0 aliphatic rings. The van der Waals surface area contributed by atoms with E-state index in [0.29, 0.717) is 22.4 Å². The number of aliphatic hydroxyl groups is 3. The fourth-order valence-corrected chi connectivity index (χ4v) is 11.2. The van der Waals surface area contributed by atoms with Crippen molar-refractivity contribution < 1.29 is 87.9 Å². The molecule has 106 heavy (non-hydrogen) atoms. The van der Waals surface area contributed by atoms with Gasteiger partial charge in [0.05, 0.1) is 50.6 Å². The second kappa shape index (κ2) is 38.1. The highest BCUT2D eigenvalue weighted by Crippen LogP contribution is 2.26. The molecule has 1 heterocycles. The first kappa shape index (κ1) is 83.2. The first-order chi connectivity index (χ1) is 50.0. The van der Waals surface area contributed by atoms with Gasteiger partial charge in [0.1, 0.15) is 52.9 Å². The lowest BCUT2D eigenvalue weighted by Crippen LogP contribution is -2.67. The zero-order chi connectivity index (χ0) is 78.2. The monoisotopic (exact) mass is 1460 g/mol. The van der Waals surface area contributed by atoms with Crippen molar-refractivity contribution in [2.24, 2.45) is 11.5 Å². The molecule has 0 aliphatic heterocycles. The molecule has 0 saturated carbocycles. The summed E-state index contributed by atoms with van der Waals surface area (Å²) in [5, 5.41) is 75.7. The van der Waals surface area contributed by atoms with Gasteiger partial charge in [-0.2, -0.15) is 0 Å². The molecule has 566 valence electrons. The van der Waals surface area contributed by atoms with Crippen LogP contribution in [0, 0.1) is 0 Å². The Hall–Kier alpha value is -11.7. The van der Waals surface area contributed by atoms with Gasteiger partial charge in [0.15, 0.2) is 0 Å². The molecule has 6 rings (SSSR count). The van der Waals surface area contributed by atoms with Gasteiger partial charge < -0.3 is 95.2 Å². The number of aliphatic hydroxyl groups excluding tert-OH is 3. The summed E-state index contributed by atoms with van der Waals surface area (Å²) in [6.45, 7) is 7.00. The molecule has 20 N–H and O–H groups in total. The van der Waals surface area contributed by atoms with Crippen LogP contribution in [0.25, 0.3) is 22.3 Å². The van der Waals surface area contributed by atoms with Crippen molar-refractivity contribution in [1.82, 2.24) is 63.1 Å². The number of aryl methyl sites for hydroxylation is 1. The van der Waals surface area contributed by atoms with Gasteiger partial charge in [-0.15, -0.1) is 0 Å². The predicted molar refractivity (Wildman–Crippen MR) is 385 cm³/mol. The molecular formula is C74H92N14O18. The number of aromatic nitrogens is 2. The maximum absolute atomic E-state index is 14.7. The minimum atomic E-state index is -2.18. The highest BCUT2D eigenvalue weighted by molar-refractivity contribution is 6.01. The quantitative estimate of drug-likeness (QED) is 0.0215. The number of carbonyl (C=O) groups is 13. The number of carbonyl (C=O) groups excluding carboxylic acids is 11. The molecule has 11 amide bonds. The number of amides is 11. The summed E-state index contributed by atoms with van der Waals surface area (Å²) < 4.78 is 0. The van der Waals surface area contributed by atoms with E-state index in [1.54, 1.807) is 54.6 Å². The summed E-state index contributed by atoms with van der Waals surface area (Å²) in [6, 6.07) is 26.7. The normalized spacial score (nSPS) is 14.9. The minimum Gasteiger partial charge on any atom is -0.481 e. The smallest absolute Gasteiger partial charge is 0.305 e. The number of primary amides is 1. The van der Waals surface area contributed by atoms with E-state index in [9.17, 15) is 87.9 Å². The third kappa shape index (κ3) is 24.2. The maximum Gasteiger partial charge on any atom is 0.305 e. The summed E-state index contributed by atoms with van der Waals surface area (Å²) in [5.74, 6) is -15.7. The molecule has 0 bridgehead atoms. The molecule has 0 spiro atoms. The average Bonchev–Trinajstić information content (AvgIpc) is 0.948. The van der Waals surface area contributed by atoms with Gasteiger partial charge >= 0.3 is 11.9 Å². The number of carboxylic acids is 2. The van der Waals surface area contributed by atoms with Gasteiger partial charge in [0.2, 0.25) is 65.0 Å². The zero-order valence-corrected chi connectivity index (χ0v) is 59.6. The molecule has 0 aliphatic carbocycles. The van der Waals surface area contributed by atoms with Gasteiger partial charge in [0, 0.05) is 37.6 Å². The lowest BCUT2D eigenvalue weighted by Gasteiger charge is -2.34. The molecule has 11 atom stereocenters. The van der Waals surface area contributed by atoms with Crippen LogP contribution in [0.1, 0.15) is 89.3 Å². The van der Waals surface area contributed by atoms with Crippen LogP contribution in [0.5, 0.6) is 0 Å². The molecule has 0 saturated heterocycles. The zero-order valence-electron chi connectivity index (χ0n) is 59.6. The number of nitrogens with two attached hydrogens (primary N) is 2. The van der Waals surface area contributed by atoms with Crippen LogP contribution in [-0.2, 0) is 94.4 Å². The maximum atomic E-state index is 14.7. The van der Waals surface area contributed by atoms with Gasteiger partial charge in [-0.1, -0.05) is 140 Å². The number of carboxylic acid groups (broad SMARTS) is 2. The van der Waals surface area contributed by atoms with Crippen molar-refractivity contribution in [3.63, 3.8) is 0 Å². The Labute approximate surface area is 610 Å². The van der Waals surface area contributed by atoms with E-state index in [2.05, 4.69) is 63.1 Å². The van der Waals surface area contributed by atoms with Gasteiger partial charge in [0.25, 0.3) is 0 Å². The van der Waals surface area contributed by atoms with Crippen molar-refractivity contribution in [3.05, 3.63) is 174 Å². The van der Waals surface area contributed by atoms with Gasteiger partial charge in [-0.05, 0) is 92.5 Å². The number of rotatable bonds is 39. The standard InChI is InChI=1S/C74H92N14O18/c1-8-46-19-15-16-22-51(46)49-29-23-43(24-30-49)31-53(66(101)87-73(6,69(76)104)35-45-25-27-48(28-26-45)47-20-13-10-14-21-47)80-64(99)55(34-59(95)96)81-65(100)56(39-89)82-67(102)60(41(2)90)85-71(106)74(7,36-44-17-11-9-12-18-44)88-68(103)61(42(3)91)84-57(92)38-78-63(98)54(33-58(93)94)83-70(105)72(4,5)86-62(97)52(75)32-50-37-77-40-79-50/h9-30,37,40-42,52-56,60-61,89-91H,8,31-36,38-39,75H2,1-7H3,(H2,76,104)(H,77,79)(H,78,98)(H,80,99)(H,81,100)(H,82,102)(H,83,105)(H,84,92)(H,85,106)(H,86,97)(H,87,101)(H,88,103)(H,93,94)(H,95,96)/t41-,42-,52+,53+,54+,55+,56+,60+,61+,73?,74+/m1/s1. The van der Waals surface area contributed by atoms with Gasteiger partial charge in [-0.25, -0.2) is 4.98 Å². The van der Waals surface area contributed by atoms with E-state index in [1.807, 2.05) is 85.8 Å². The van der Waals surface area contributed by atoms with E-state index < -0.39 is 180 Å². The summed E-state index contributed by atoms with van der Waals surface area (Å²) >= 11 is 0. The first-order valence-corrected chi connectivity index (χ1v) is 33.9. The Balaban J connectivity index is 1.16. The number of nitrogens with zero attached hydrogens (tertiary/aromatic N) is 1. The van der Waals surface area contributed by atoms with Crippen LogP contribution in [0.2, 0.25) is 0 Å². The lowest BCUT2D eigenvalue weighted by molar-refractivity contribution is -0.142. The van der Waals surface area contributed by atoms with Crippen molar-refractivity contribution in [2.75, 3.05) is 13.2 Å². The van der Waals surface area contributed by atoms with Crippen LogP contribution in [0.15, 0.2) is 146 Å². The highest BCUT2D eigenvalue weighted by atomic mass is 16.4. The van der Waals surface area contributed by atoms with Crippen LogP contribution >= 0.6 is 0 Å². The van der Waals surface area contributed by atoms with E-state index in [1.165, 1.54) is 40.2 Å². The van der Waals surface area contributed by atoms with Crippen LogP contribution in [0.4, 0.5) is 0 Å². The number of hydrogen-bond donors (Lipinski definition) is 18. The first-order valence-electron chi connectivity index (χ1n) is 33.9. The van der Waals surface area contributed by atoms with E-state index in [0.717, 1.165) is 48.1 Å². The Kier molecular flexibility index (Phi) is 29.9. The Morgan fingerprint density at radius 1 is 0.500 bits per heavy atom. The average molecular weight is 1470 g/mol. The fourth-order valence-electron chi connectivity index (χ4n) is 11.2. The molecule has 32 nitrogen and oxygen atoms in total. The topological polar surface area (TPSA) is 524 Å². The summed E-state index contributed by atoms with van der Waals surface area (Å²) in [5.41, 5.74) is 12.9. The fraction of sp³-hybridized carbons (Fsp3) is 0.378. The van der Waals surface area contributed by atoms with Crippen LogP contribution in [-0.4, -0.2) is 197 Å². The number of hydrogen-bond acceptors (Lipinski definition) is 18. The number of benzene rings is 5. The molecule has 1 unspecified atom stereocenters. The summed E-state index contributed by atoms with van der Waals surface area (Å²) in [6.07, 6.45) is -2.97. The Morgan fingerprint density at radius 2 is 1.00 bits per heavy atom.